The Bertz CT molecular complexity index is 331. The molecule has 4 unspecified atom stereocenters. The van der Waals surface area contributed by atoms with E-state index in [2.05, 4.69) is 24.2 Å². The predicted octanol–water partition coefficient (Wildman–Crippen LogP) is 2.25. The second kappa shape index (κ2) is 5.94. The van der Waals surface area contributed by atoms with Gasteiger partial charge in [-0.3, -0.25) is 0 Å². The number of aliphatic hydroxyl groups excluding tert-OH is 1. The number of nitrogens with one attached hydrogen (secondary N) is 1. The Labute approximate surface area is 124 Å². The Morgan fingerprint density at radius 3 is 2.55 bits per heavy atom. The molecular formula is C17H32N2O. The fraction of sp³-hybridized carbons (Fsp3) is 1.00. The van der Waals surface area contributed by atoms with Crippen LogP contribution in [0.25, 0.3) is 0 Å². The lowest BCUT2D eigenvalue weighted by Gasteiger charge is -2.33. The maximum Gasteiger partial charge on any atom is 0.0611 e. The smallest absolute Gasteiger partial charge is 0.0611 e. The van der Waals surface area contributed by atoms with Crippen molar-refractivity contribution in [2.75, 3.05) is 26.7 Å². The van der Waals surface area contributed by atoms with Crippen LogP contribution >= 0.6 is 0 Å². The molecule has 3 saturated carbocycles. The standard InChI is InChI=1S/C17H32N2O/c1-17(12-20,18-16-5-6-16)7-8-19(2)11-15-10-13-3-4-14(15)9-13/h13-16,18,20H,3-12H2,1-2H3. The molecule has 3 aliphatic rings. The monoisotopic (exact) mass is 280 g/mol. The molecule has 0 amide bonds. The Morgan fingerprint density at radius 1 is 1.20 bits per heavy atom. The fourth-order valence-corrected chi connectivity index (χ4v) is 4.45. The summed E-state index contributed by atoms with van der Waals surface area (Å²) in [5, 5.41) is 13.3. The van der Waals surface area contributed by atoms with Gasteiger partial charge in [0.15, 0.2) is 0 Å². The van der Waals surface area contributed by atoms with Crippen LogP contribution in [0.5, 0.6) is 0 Å². The van der Waals surface area contributed by atoms with E-state index in [1.54, 1.807) is 0 Å². The van der Waals surface area contributed by atoms with Crippen molar-refractivity contribution in [2.45, 2.75) is 63.5 Å². The largest absolute Gasteiger partial charge is 0.394 e. The maximum absolute atomic E-state index is 9.66. The molecule has 0 aliphatic heterocycles. The maximum atomic E-state index is 9.66. The Morgan fingerprint density at radius 2 is 2.00 bits per heavy atom. The third-order valence-electron chi connectivity index (χ3n) is 5.95. The van der Waals surface area contributed by atoms with Gasteiger partial charge in [0.1, 0.15) is 0 Å². The zero-order valence-electron chi connectivity index (χ0n) is 13.3. The number of hydrogen-bond acceptors (Lipinski definition) is 3. The molecule has 3 fully saturated rings. The van der Waals surface area contributed by atoms with Gasteiger partial charge in [0.25, 0.3) is 0 Å². The minimum Gasteiger partial charge on any atom is -0.394 e. The third kappa shape index (κ3) is 3.55. The average Bonchev–Trinajstić information content (AvgIpc) is 2.99. The molecule has 20 heavy (non-hydrogen) atoms. The molecule has 0 aromatic heterocycles. The van der Waals surface area contributed by atoms with E-state index >= 15 is 0 Å². The first-order chi connectivity index (χ1) is 9.58. The molecule has 3 aliphatic carbocycles. The number of aliphatic hydroxyl groups is 1. The summed E-state index contributed by atoms with van der Waals surface area (Å²) in [5.41, 5.74) is -0.0793. The van der Waals surface area contributed by atoms with Crippen molar-refractivity contribution in [1.29, 1.82) is 0 Å². The van der Waals surface area contributed by atoms with E-state index in [0.29, 0.717) is 6.04 Å². The molecule has 0 aromatic carbocycles. The summed E-state index contributed by atoms with van der Waals surface area (Å²) in [4.78, 5) is 2.51. The molecule has 0 radical (unpaired) electrons. The zero-order chi connectivity index (χ0) is 14.2. The highest BCUT2D eigenvalue weighted by molar-refractivity contribution is 4.94. The first-order valence-corrected chi connectivity index (χ1v) is 8.65. The van der Waals surface area contributed by atoms with Gasteiger partial charge in [-0.2, -0.15) is 0 Å². The summed E-state index contributed by atoms with van der Waals surface area (Å²) in [6, 6.07) is 0.669. The predicted molar refractivity (Wildman–Crippen MR) is 82.7 cm³/mol. The Kier molecular flexibility index (Phi) is 4.40. The molecule has 3 rings (SSSR count). The van der Waals surface area contributed by atoms with Gasteiger partial charge >= 0.3 is 0 Å². The van der Waals surface area contributed by atoms with Crippen LogP contribution < -0.4 is 5.32 Å². The summed E-state index contributed by atoms with van der Waals surface area (Å²) >= 11 is 0. The third-order valence-corrected chi connectivity index (χ3v) is 5.95. The normalized spacial score (nSPS) is 35.7. The highest BCUT2D eigenvalue weighted by Gasteiger charge is 2.39. The van der Waals surface area contributed by atoms with Crippen molar-refractivity contribution < 1.29 is 5.11 Å². The summed E-state index contributed by atoms with van der Waals surface area (Å²) in [7, 11) is 2.26. The van der Waals surface area contributed by atoms with E-state index in [1.165, 1.54) is 45.1 Å². The molecule has 2 N–H and O–H groups in total. The summed E-state index contributed by atoms with van der Waals surface area (Å²) in [5.74, 6) is 3.03. The quantitative estimate of drug-likeness (QED) is 0.716. The molecule has 116 valence electrons. The van der Waals surface area contributed by atoms with Crippen LogP contribution in [0.1, 0.15) is 51.9 Å². The topological polar surface area (TPSA) is 35.5 Å². The lowest BCUT2D eigenvalue weighted by Crippen LogP contribution is -2.49. The first kappa shape index (κ1) is 14.8. The average molecular weight is 280 g/mol. The minimum absolute atomic E-state index is 0.0793. The molecule has 0 aromatic rings. The van der Waals surface area contributed by atoms with Crippen molar-refractivity contribution in [3.8, 4) is 0 Å². The SMILES string of the molecule is CN(CCC(C)(CO)NC1CC1)CC1CC2CCC1C2. The first-order valence-electron chi connectivity index (χ1n) is 8.65. The molecule has 2 bridgehead atoms. The van der Waals surface area contributed by atoms with Gasteiger partial charge in [0.05, 0.1) is 6.61 Å². The van der Waals surface area contributed by atoms with Gasteiger partial charge in [0, 0.05) is 18.1 Å². The van der Waals surface area contributed by atoms with Gasteiger partial charge in [-0.25, -0.2) is 0 Å². The van der Waals surface area contributed by atoms with Gasteiger partial charge in [-0.05, 0) is 76.8 Å². The number of hydrogen-bond donors (Lipinski definition) is 2. The van der Waals surface area contributed by atoms with E-state index < -0.39 is 0 Å². The molecule has 0 spiro atoms. The molecule has 0 heterocycles. The van der Waals surface area contributed by atoms with Crippen LogP contribution in [0.4, 0.5) is 0 Å². The molecular weight excluding hydrogens is 248 g/mol. The Balaban J connectivity index is 1.40. The highest BCUT2D eigenvalue weighted by atomic mass is 16.3. The van der Waals surface area contributed by atoms with Crippen LogP contribution in [0.3, 0.4) is 0 Å². The van der Waals surface area contributed by atoms with Gasteiger partial charge in [-0.1, -0.05) is 6.42 Å². The number of fused-ring (bicyclic) bond motifs is 2. The van der Waals surface area contributed by atoms with E-state index in [1.807, 2.05) is 0 Å². The van der Waals surface area contributed by atoms with Crippen LogP contribution in [0, 0.1) is 17.8 Å². The van der Waals surface area contributed by atoms with E-state index in [0.717, 1.165) is 30.7 Å². The number of rotatable bonds is 8. The van der Waals surface area contributed by atoms with Gasteiger partial charge < -0.3 is 15.3 Å². The van der Waals surface area contributed by atoms with Gasteiger partial charge in [0.2, 0.25) is 0 Å². The van der Waals surface area contributed by atoms with E-state index in [9.17, 15) is 5.11 Å². The van der Waals surface area contributed by atoms with Crippen LogP contribution in [0.15, 0.2) is 0 Å². The van der Waals surface area contributed by atoms with Crippen molar-refractivity contribution in [1.82, 2.24) is 10.2 Å². The zero-order valence-corrected chi connectivity index (χ0v) is 13.3. The summed E-state index contributed by atoms with van der Waals surface area (Å²) in [6.07, 6.45) is 9.60. The summed E-state index contributed by atoms with van der Waals surface area (Å²) in [6.45, 7) is 4.80. The summed E-state index contributed by atoms with van der Waals surface area (Å²) < 4.78 is 0. The second-order valence-corrected chi connectivity index (χ2v) is 8.08. The highest BCUT2D eigenvalue weighted by Crippen LogP contribution is 2.48. The van der Waals surface area contributed by atoms with Crippen LogP contribution in [-0.2, 0) is 0 Å². The molecule has 3 nitrogen and oxygen atoms in total. The van der Waals surface area contributed by atoms with Crippen molar-refractivity contribution in [3.05, 3.63) is 0 Å². The molecule has 0 saturated heterocycles. The molecule has 4 atom stereocenters. The van der Waals surface area contributed by atoms with E-state index in [-0.39, 0.29) is 12.1 Å². The number of nitrogens with zero attached hydrogens (tertiary/aromatic N) is 1. The van der Waals surface area contributed by atoms with Crippen molar-refractivity contribution in [3.63, 3.8) is 0 Å². The van der Waals surface area contributed by atoms with Crippen molar-refractivity contribution >= 4 is 0 Å². The lowest BCUT2D eigenvalue weighted by atomic mass is 9.88. The Hall–Kier alpha value is -0.120. The molecule has 3 heteroatoms. The van der Waals surface area contributed by atoms with Gasteiger partial charge in [-0.15, -0.1) is 0 Å². The fourth-order valence-electron chi connectivity index (χ4n) is 4.45. The van der Waals surface area contributed by atoms with Crippen LogP contribution in [0.2, 0.25) is 0 Å². The second-order valence-electron chi connectivity index (χ2n) is 8.08. The lowest BCUT2D eigenvalue weighted by molar-refractivity contribution is 0.140. The van der Waals surface area contributed by atoms with E-state index in [4.69, 9.17) is 0 Å². The minimum atomic E-state index is -0.0793. The van der Waals surface area contributed by atoms with Crippen molar-refractivity contribution in [2.24, 2.45) is 17.8 Å². The van der Waals surface area contributed by atoms with Crippen LogP contribution in [-0.4, -0.2) is 48.3 Å².